The van der Waals surface area contributed by atoms with Gasteiger partial charge in [0, 0.05) is 38.1 Å². The lowest BCUT2D eigenvalue weighted by Crippen LogP contribution is -2.49. The maximum atomic E-state index is 12.8. The third kappa shape index (κ3) is 3.86. The molecule has 3 heterocycles. The van der Waals surface area contributed by atoms with E-state index in [1.807, 2.05) is 48.2 Å². The number of ether oxygens (including phenoxy) is 2. The monoisotopic (exact) mass is 420 g/mol. The zero-order chi connectivity index (χ0) is 21.4. The Bertz CT molecular complexity index is 1200. The Morgan fingerprint density at radius 3 is 2.55 bits per heavy atom. The quantitative estimate of drug-likeness (QED) is 0.640. The van der Waals surface area contributed by atoms with Gasteiger partial charge in [-0.15, -0.1) is 0 Å². The summed E-state index contributed by atoms with van der Waals surface area (Å²) in [5.41, 5.74) is 1.68. The molecule has 160 valence electrons. The molecule has 8 nitrogen and oxygen atoms in total. The zero-order valence-corrected chi connectivity index (χ0v) is 17.4. The molecule has 0 bridgehead atoms. The fourth-order valence-electron chi connectivity index (χ4n) is 4.19. The molecule has 0 atom stereocenters. The van der Waals surface area contributed by atoms with E-state index >= 15 is 0 Å². The van der Waals surface area contributed by atoms with Crippen molar-refractivity contribution in [2.75, 3.05) is 33.0 Å². The third-order valence-corrected chi connectivity index (χ3v) is 5.91. The van der Waals surface area contributed by atoms with Crippen LogP contribution in [-0.2, 0) is 17.9 Å². The van der Waals surface area contributed by atoms with Gasteiger partial charge < -0.3 is 14.4 Å². The van der Waals surface area contributed by atoms with Crippen molar-refractivity contribution in [3.63, 3.8) is 0 Å². The van der Waals surface area contributed by atoms with Crippen LogP contribution in [0.5, 0.6) is 11.5 Å². The SMILES string of the molecule is Cc1nn(CC(=O)N2CCN(Cc3ccc4c(c3)OCO4)CC2)c(=O)c2ccccc12. The molecule has 0 aliphatic carbocycles. The number of aryl methyl sites for hydroxylation is 1. The molecule has 1 aromatic heterocycles. The maximum Gasteiger partial charge on any atom is 0.275 e. The smallest absolute Gasteiger partial charge is 0.275 e. The summed E-state index contributed by atoms with van der Waals surface area (Å²) in [7, 11) is 0. The molecule has 2 aromatic carbocycles. The molecule has 3 aromatic rings. The standard InChI is InChI=1S/C23H24N4O4/c1-16-18-4-2-3-5-19(18)23(29)27(24-16)14-22(28)26-10-8-25(9-11-26)13-17-6-7-20-21(12-17)31-15-30-20/h2-7,12H,8-11,13-15H2,1H3. The first-order valence-electron chi connectivity index (χ1n) is 10.4. The van der Waals surface area contributed by atoms with Crippen molar-refractivity contribution in [2.24, 2.45) is 0 Å². The van der Waals surface area contributed by atoms with Crippen LogP contribution in [0.4, 0.5) is 0 Å². The number of fused-ring (bicyclic) bond motifs is 2. The molecule has 0 spiro atoms. The fraction of sp³-hybridized carbons (Fsp3) is 0.348. The van der Waals surface area contributed by atoms with Crippen molar-refractivity contribution in [3.05, 3.63) is 64.1 Å². The van der Waals surface area contributed by atoms with E-state index in [1.165, 1.54) is 4.68 Å². The summed E-state index contributed by atoms with van der Waals surface area (Å²) < 4.78 is 12.1. The number of hydrogen-bond acceptors (Lipinski definition) is 6. The number of amides is 1. The summed E-state index contributed by atoms with van der Waals surface area (Å²) in [5, 5.41) is 5.78. The Hall–Kier alpha value is -3.39. The molecule has 1 fully saturated rings. The van der Waals surface area contributed by atoms with E-state index in [2.05, 4.69) is 10.00 Å². The lowest BCUT2D eigenvalue weighted by molar-refractivity contribution is -0.133. The Morgan fingerprint density at radius 1 is 1.00 bits per heavy atom. The average Bonchev–Trinajstić information content (AvgIpc) is 3.26. The summed E-state index contributed by atoms with van der Waals surface area (Å²) in [4.78, 5) is 29.7. The summed E-state index contributed by atoms with van der Waals surface area (Å²) in [6, 6.07) is 13.4. The van der Waals surface area contributed by atoms with E-state index < -0.39 is 0 Å². The highest BCUT2D eigenvalue weighted by Crippen LogP contribution is 2.32. The second-order valence-corrected chi connectivity index (χ2v) is 7.94. The number of hydrogen-bond donors (Lipinski definition) is 0. The number of carbonyl (C=O) groups excluding carboxylic acids is 1. The number of nitrogens with zero attached hydrogens (tertiary/aromatic N) is 4. The Balaban J connectivity index is 1.21. The summed E-state index contributed by atoms with van der Waals surface area (Å²) in [6.45, 7) is 5.70. The second kappa shape index (κ2) is 8.03. The molecule has 0 saturated carbocycles. The highest BCUT2D eigenvalue weighted by Gasteiger charge is 2.23. The number of carbonyl (C=O) groups is 1. The Labute approximate surface area is 179 Å². The van der Waals surface area contributed by atoms with Gasteiger partial charge in [0.05, 0.1) is 11.1 Å². The maximum absolute atomic E-state index is 12.8. The van der Waals surface area contributed by atoms with E-state index in [1.54, 1.807) is 6.07 Å². The van der Waals surface area contributed by atoms with Crippen LogP contribution in [0.2, 0.25) is 0 Å². The van der Waals surface area contributed by atoms with Crippen LogP contribution in [0.3, 0.4) is 0 Å². The molecule has 1 saturated heterocycles. The molecule has 0 radical (unpaired) electrons. The van der Waals surface area contributed by atoms with E-state index in [-0.39, 0.29) is 24.8 Å². The predicted octanol–water partition coefficient (Wildman–Crippen LogP) is 1.78. The van der Waals surface area contributed by atoms with Gasteiger partial charge in [0.2, 0.25) is 12.7 Å². The first kappa shape index (κ1) is 19.6. The highest BCUT2D eigenvalue weighted by atomic mass is 16.7. The average molecular weight is 420 g/mol. The molecular weight excluding hydrogens is 396 g/mol. The zero-order valence-electron chi connectivity index (χ0n) is 17.4. The van der Waals surface area contributed by atoms with Gasteiger partial charge >= 0.3 is 0 Å². The minimum Gasteiger partial charge on any atom is -0.454 e. The van der Waals surface area contributed by atoms with Crippen molar-refractivity contribution >= 4 is 16.7 Å². The molecule has 1 amide bonds. The van der Waals surface area contributed by atoms with Crippen LogP contribution in [0.15, 0.2) is 47.3 Å². The summed E-state index contributed by atoms with van der Waals surface area (Å²) in [6.07, 6.45) is 0. The number of aromatic nitrogens is 2. The van der Waals surface area contributed by atoms with Crippen molar-refractivity contribution in [1.29, 1.82) is 0 Å². The van der Waals surface area contributed by atoms with E-state index in [4.69, 9.17) is 9.47 Å². The van der Waals surface area contributed by atoms with Crippen LogP contribution < -0.4 is 15.0 Å². The van der Waals surface area contributed by atoms with Gasteiger partial charge in [-0.05, 0) is 30.7 Å². The normalized spacial score (nSPS) is 16.1. The van der Waals surface area contributed by atoms with Gasteiger partial charge in [-0.25, -0.2) is 4.68 Å². The summed E-state index contributed by atoms with van der Waals surface area (Å²) in [5.74, 6) is 1.49. The largest absolute Gasteiger partial charge is 0.454 e. The molecule has 31 heavy (non-hydrogen) atoms. The van der Waals surface area contributed by atoms with Gasteiger partial charge in [0.1, 0.15) is 6.54 Å². The molecule has 2 aliphatic heterocycles. The number of rotatable bonds is 4. The molecular formula is C23H24N4O4. The Morgan fingerprint density at radius 2 is 1.74 bits per heavy atom. The lowest BCUT2D eigenvalue weighted by Gasteiger charge is -2.34. The topological polar surface area (TPSA) is 76.9 Å². The molecule has 8 heteroatoms. The van der Waals surface area contributed by atoms with E-state index in [9.17, 15) is 9.59 Å². The van der Waals surface area contributed by atoms with Gasteiger partial charge in [-0.2, -0.15) is 5.10 Å². The van der Waals surface area contributed by atoms with Gasteiger partial charge in [-0.3, -0.25) is 14.5 Å². The van der Waals surface area contributed by atoms with Gasteiger partial charge in [-0.1, -0.05) is 24.3 Å². The van der Waals surface area contributed by atoms with Crippen LogP contribution in [-0.4, -0.2) is 58.5 Å². The second-order valence-electron chi connectivity index (χ2n) is 7.94. The van der Waals surface area contributed by atoms with Crippen molar-refractivity contribution < 1.29 is 14.3 Å². The predicted molar refractivity (Wildman–Crippen MR) is 115 cm³/mol. The van der Waals surface area contributed by atoms with E-state index in [0.717, 1.165) is 47.8 Å². The number of piperazine rings is 1. The van der Waals surface area contributed by atoms with Crippen LogP contribution in [0.25, 0.3) is 10.8 Å². The minimum absolute atomic E-state index is 0.0351. The minimum atomic E-state index is -0.226. The molecule has 5 rings (SSSR count). The number of benzene rings is 2. The Kier molecular flexibility index (Phi) is 5.07. The van der Waals surface area contributed by atoms with Crippen molar-refractivity contribution in [3.8, 4) is 11.5 Å². The van der Waals surface area contributed by atoms with Gasteiger partial charge in [0.25, 0.3) is 5.56 Å². The van der Waals surface area contributed by atoms with E-state index in [0.29, 0.717) is 18.5 Å². The highest BCUT2D eigenvalue weighted by molar-refractivity contribution is 5.83. The van der Waals surface area contributed by atoms with Crippen LogP contribution in [0, 0.1) is 6.92 Å². The van der Waals surface area contributed by atoms with Crippen molar-refractivity contribution in [1.82, 2.24) is 19.6 Å². The van der Waals surface area contributed by atoms with Crippen LogP contribution >= 0.6 is 0 Å². The lowest BCUT2D eigenvalue weighted by atomic mass is 10.1. The summed E-state index contributed by atoms with van der Waals surface area (Å²) >= 11 is 0. The first-order chi connectivity index (χ1) is 15.1. The first-order valence-corrected chi connectivity index (χ1v) is 10.4. The molecule has 0 N–H and O–H groups in total. The third-order valence-electron chi connectivity index (χ3n) is 5.91. The molecule has 0 unspecified atom stereocenters. The fourth-order valence-corrected chi connectivity index (χ4v) is 4.19. The van der Waals surface area contributed by atoms with Gasteiger partial charge in [0.15, 0.2) is 11.5 Å². The van der Waals surface area contributed by atoms with Crippen molar-refractivity contribution in [2.45, 2.75) is 20.0 Å². The molecule has 2 aliphatic rings. The van der Waals surface area contributed by atoms with Crippen LogP contribution in [0.1, 0.15) is 11.3 Å².